The molecule has 3 amide bonds. The van der Waals surface area contributed by atoms with Crippen molar-refractivity contribution in [1.29, 1.82) is 0 Å². The fourth-order valence-corrected chi connectivity index (χ4v) is 2.68. The summed E-state index contributed by atoms with van der Waals surface area (Å²) in [6.07, 6.45) is 1.29. The number of carbonyl (C=O) groups excluding carboxylic acids is 3. The number of amides is 3. The van der Waals surface area contributed by atoms with E-state index in [0.29, 0.717) is 6.54 Å². The van der Waals surface area contributed by atoms with Crippen LogP contribution in [0.25, 0.3) is 0 Å². The third-order valence-electron chi connectivity index (χ3n) is 3.78. The summed E-state index contributed by atoms with van der Waals surface area (Å²) in [5.74, 6) is -1.51. The number of hydrazine groups is 1. The Morgan fingerprint density at radius 2 is 1.90 bits per heavy atom. The Bertz CT molecular complexity index is 569. The van der Waals surface area contributed by atoms with Gasteiger partial charge in [0, 0.05) is 18.7 Å². The normalized spacial score (nSPS) is 17.9. The summed E-state index contributed by atoms with van der Waals surface area (Å²) in [5, 5.41) is 0. The summed E-state index contributed by atoms with van der Waals surface area (Å²) in [7, 11) is 0. The second-order valence-corrected chi connectivity index (χ2v) is 4.99. The standard InChI is InChI=1S/C14H15N3O3/c18-12(6-5-10-13(19)15-16-14(10)20)17-8-7-9-3-1-2-4-11(9)17/h1-4,10H,5-8H2,(H,15,19)(H,16,20). The molecule has 0 unspecified atom stereocenters. The lowest BCUT2D eigenvalue weighted by molar-refractivity contribution is -0.128. The monoisotopic (exact) mass is 273 g/mol. The average molecular weight is 273 g/mol. The number of hydrogen-bond donors (Lipinski definition) is 2. The van der Waals surface area contributed by atoms with Crippen molar-refractivity contribution in [3.63, 3.8) is 0 Å². The Balaban J connectivity index is 1.64. The highest BCUT2D eigenvalue weighted by Crippen LogP contribution is 2.28. The third-order valence-corrected chi connectivity index (χ3v) is 3.78. The Hall–Kier alpha value is -2.37. The summed E-state index contributed by atoms with van der Waals surface area (Å²) < 4.78 is 0. The molecule has 1 saturated heterocycles. The topological polar surface area (TPSA) is 78.5 Å². The molecular formula is C14H15N3O3. The van der Waals surface area contributed by atoms with Crippen LogP contribution in [0.4, 0.5) is 5.69 Å². The highest BCUT2D eigenvalue weighted by atomic mass is 16.2. The third kappa shape index (κ3) is 2.13. The van der Waals surface area contributed by atoms with Crippen molar-refractivity contribution >= 4 is 23.4 Å². The first kappa shape index (κ1) is 12.7. The van der Waals surface area contributed by atoms with E-state index < -0.39 is 5.92 Å². The van der Waals surface area contributed by atoms with Crippen molar-refractivity contribution in [3.8, 4) is 0 Å². The first-order valence-corrected chi connectivity index (χ1v) is 6.65. The van der Waals surface area contributed by atoms with Gasteiger partial charge in [0.15, 0.2) is 0 Å². The van der Waals surface area contributed by atoms with Crippen LogP contribution in [-0.4, -0.2) is 24.3 Å². The van der Waals surface area contributed by atoms with Crippen LogP contribution in [0.3, 0.4) is 0 Å². The Kier molecular flexibility index (Phi) is 3.14. The quantitative estimate of drug-likeness (QED) is 0.769. The second-order valence-electron chi connectivity index (χ2n) is 4.99. The van der Waals surface area contributed by atoms with Gasteiger partial charge in [-0.3, -0.25) is 25.2 Å². The zero-order valence-electron chi connectivity index (χ0n) is 10.9. The number of benzene rings is 1. The predicted molar refractivity (Wildman–Crippen MR) is 71.5 cm³/mol. The molecule has 3 rings (SSSR count). The molecule has 1 aromatic carbocycles. The van der Waals surface area contributed by atoms with Gasteiger partial charge in [-0.15, -0.1) is 0 Å². The molecule has 2 heterocycles. The minimum Gasteiger partial charge on any atom is -0.312 e. The lowest BCUT2D eigenvalue weighted by atomic mass is 10.0. The minimum absolute atomic E-state index is 0.0394. The van der Waals surface area contributed by atoms with E-state index >= 15 is 0 Å². The summed E-state index contributed by atoms with van der Waals surface area (Å²) >= 11 is 0. The highest BCUT2D eigenvalue weighted by Gasteiger charge is 2.34. The molecule has 1 aromatic rings. The van der Waals surface area contributed by atoms with E-state index in [0.717, 1.165) is 17.7 Å². The molecule has 2 N–H and O–H groups in total. The number of anilines is 1. The maximum absolute atomic E-state index is 12.2. The van der Waals surface area contributed by atoms with Crippen LogP contribution in [0.15, 0.2) is 24.3 Å². The first-order chi connectivity index (χ1) is 9.66. The number of fused-ring (bicyclic) bond motifs is 1. The summed E-state index contributed by atoms with van der Waals surface area (Å²) in [6.45, 7) is 0.668. The van der Waals surface area contributed by atoms with E-state index in [9.17, 15) is 14.4 Å². The van der Waals surface area contributed by atoms with Gasteiger partial charge in [0.1, 0.15) is 5.92 Å². The summed E-state index contributed by atoms with van der Waals surface area (Å²) in [4.78, 5) is 36.8. The van der Waals surface area contributed by atoms with Crippen molar-refractivity contribution in [1.82, 2.24) is 10.9 Å². The van der Waals surface area contributed by atoms with Gasteiger partial charge in [0.25, 0.3) is 11.8 Å². The maximum atomic E-state index is 12.2. The van der Waals surface area contributed by atoms with Crippen molar-refractivity contribution in [2.45, 2.75) is 19.3 Å². The molecular weight excluding hydrogens is 258 g/mol. The molecule has 0 atom stereocenters. The van der Waals surface area contributed by atoms with Gasteiger partial charge in [0.2, 0.25) is 5.91 Å². The average Bonchev–Trinajstić information content (AvgIpc) is 3.01. The summed E-state index contributed by atoms with van der Waals surface area (Å²) in [5.41, 5.74) is 6.64. The van der Waals surface area contributed by atoms with Crippen LogP contribution >= 0.6 is 0 Å². The molecule has 0 saturated carbocycles. The van der Waals surface area contributed by atoms with Crippen LogP contribution in [0.1, 0.15) is 18.4 Å². The Labute approximate surface area is 116 Å². The van der Waals surface area contributed by atoms with Crippen molar-refractivity contribution in [2.75, 3.05) is 11.4 Å². The number of nitrogens with zero attached hydrogens (tertiary/aromatic N) is 1. The SMILES string of the molecule is O=C1NNC(=O)C1CCC(=O)N1CCc2ccccc21. The fraction of sp³-hybridized carbons (Fsp3) is 0.357. The molecule has 104 valence electrons. The molecule has 6 nitrogen and oxygen atoms in total. The van der Waals surface area contributed by atoms with Crippen LogP contribution in [0.5, 0.6) is 0 Å². The van der Waals surface area contributed by atoms with Gasteiger partial charge in [-0.2, -0.15) is 0 Å². The molecule has 2 aliphatic rings. The van der Waals surface area contributed by atoms with Crippen molar-refractivity contribution < 1.29 is 14.4 Å². The van der Waals surface area contributed by atoms with E-state index in [1.807, 2.05) is 24.3 Å². The van der Waals surface area contributed by atoms with Gasteiger partial charge in [-0.1, -0.05) is 18.2 Å². The minimum atomic E-state index is -0.753. The molecule has 0 spiro atoms. The molecule has 0 aliphatic carbocycles. The van der Waals surface area contributed by atoms with Crippen LogP contribution in [-0.2, 0) is 20.8 Å². The van der Waals surface area contributed by atoms with E-state index in [2.05, 4.69) is 10.9 Å². The largest absolute Gasteiger partial charge is 0.312 e. The molecule has 0 aromatic heterocycles. The van der Waals surface area contributed by atoms with Crippen LogP contribution in [0, 0.1) is 5.92 Å². The van der Waals surface area contributed by atoms with Gasteiger partial charge in [0.05, 0.1) is 0 Å². The molecule has 6 heteroatoms. The molecule has 1 fully saturated rings. The smallest absolute Gasteiger partial charge is 0.251 e. The van der Waals surface area contributed by atoms with Gasteiger partial charge >= 0.3 is 0 Å². The van der Waals surface area contributed by atoms with E-state index in [4.69, 9.17) is 0 Å². The maximum Gasteiger partial charge on any atom is 0.251 e. The number of rotatable bonds is 3. The van der Waals surface area contributed by atoms with Crippen molar-refractivity contribution in [3.05, 3.63) is 29.8 Å². The fourth-order valence-electron chi connectivity index (χ4n) is 2.68. The Morgan fingerprint density at radius 1 is 1.20 bits per heavy atom. The molecule has 0 radical (unpaired) electrons. The Morgan fingerprint density at radius 3 is 2.65 bits per heavy atom. The van der Waals surface area contributed by atoms with Crippen LogP contribution < -0.4 is 15.8 Å². The van der Waals surface area contributed by atoms with E-state index in [-0.39, 0.29) is 30.6 Å². The van der Waals surface area contributed by atoms with Crippen molar-refractivity contribution in [2.24, 2.45) is 5.92 Å². The molecule has 2 aliphatic heterocycles. The zero-order chi connectivity index (χ0) is 14.1. The van der Waals surface area contributed by atoms with Crippen LogP contribution in [0.2, 0.25) is 0 Å². The number of hydrogen-bond acceptors (Lipinski definition) is 3. The number of carbonyl (C=O) groups is 3. The molecule has 20 heavy (non-hydrogen) atoms. The molecule has 0 bridgehead atoms. The van der Waals surface area contributed by atoms with E-state index in [1.165, 1.54) is 0 Å². The highest BCUT2D eigenvalue weighted by molar-refractivity contribution is 6.05. The lowest BCUT2D eigenvalue weighted by Gasteiger charge is -2.17. The van der Waals surface area contributed by atoms with E-state index in [1.54, 1.807) is 4.90 Å². The summed E-state index contributed by atoms with van der Waals surface area (Å²) in [6, 6.07) is 7.80. The predicted octanol–water partition coefficient (Wildman–Crippen LogP) is 0.133. The van der Waals surface area contributed by atoms with Gasteiger partial charge in [-0.25, -0.2) is 0 Å². The number of para-hydroxylation sites is 1. The van der Waals surface area contributed by atoms with Gasteiger partial charge in [-0.05, 0) is 24.5 Å². The van der Waals surface area contributed by atoms with Gasteiger partial charge < -0.3 is 4.90 Å². The zero-order valence-corrected chi connectivity index (χ0v) is 10.9. The number of nitrogens with one attached hydrogen (secondary N) is 2. The first-order valence-electron chi connectivity index (χ1n) is 6.65. The lowest BCUT2D eigenvalue weighted by Crippen LogP contribution is -2.30. The second kappa shape index (κ2) is 4.96.